The van der Waals surface area contributed by atoms with E-state index in [-0.39, 0.29) is 30.7 Å². The number of aromatic nitrogens is 2. The van der Waals surface area contributed by atoms with Gasteiger partial charge in [0.25, 0.3) is 5.91 Å². The first-order chi connectivity index (χ1) is 11.8. The van der Waals surface area contributed by atoms with Crippen LogP contribution < -0.4 is 10.6 Å². The average molecular weight is 418 g/mol. The Hall–Kier alpha value is -1.41. The Morgan fingerprint density at radius 3 is 2.73 bits per heavy atom. The minimum Gasteiger partial charge on any atom is -0.337 e. The molecule has 0 unspecified atom stereocenters. The Labute approximate surface area is 170 Å². The highest BCUT2D eigenvalue weighted by atomic mass is 35.5. The van der Waals surface area contributed by atoms with Gasteiger partial charge < -0.3 is 15.5 Å². The van der Waals surface area contributed by atoms with Crippen molar-refractivity contribution in [3.05, 3.63) is 35.5 Å². The normalized spacial score (nSPS) is 14.3. The van der Waals surface area contributed by atoms with E-state index in [4.69, 9.17) is 0 Å². The Morgan fingerprint density at radius 1 is 1.31 bits per heavy atom. The minimum atomic E-state index is 0. The molecule has 144 valence electrons. The van der Waals surface area contributed by atoms with Crippen LogP contribution in [-0.2, 0) is 0 Å². The molecule has 0 radical (unpaired) electrons. The van der Waals surface area contributed by atoms with Crippen molar-refractivity contribution in [1.29, 1.82) is 0 Å². The Balaban J connectivity index is 0.00000169. The second-order valence-corrected chi connectivity index (χ2v) is 6.86. The lowest BCUT2D eigenvalue weighted by Crippen LogP contribution is -2.39. The molecule has 9 heteroatoms. The van der Waals surface area contributed by atoms with E-state index in [0.29, 0.717) is 10.8 Å². The van der Waals surface area contributed by atoms with E-state index in [1.165, 1.54) is 17.8 Å². The average Bonchev–Trinajstić information content (AvgIpc) is 3.09. The Kier molecular flexibility index (Phi) is 9.87. The van der Waals surface area contributed by atoms with E-state index in [0.717, 1.165) is 44.2 Å². The molecule has 2 aromatic heterocycles. The van der Waals surface area contributed by atoms with Crippen molar-refractivity contribution in [2.75, 3.05) is 32.0 Å². The van der Waals surface area contributed by atoms with Gasteiger partial charge in [0.05, 0.1) is 0 Å². The summed E-state index contributed by atoms with van der Waals surface area (Å²) in [6.07, 6.45) is 5.07. The van der Waals surface area contributed by atoms with Crippen molar-refractivity contribution < 1.29 is 4.79 Å². The van der Waals surface area contributed by atoms with Gasteiger partial charge in [0.1, 0.15) is 11.5 Å². The number of hydrogen-bond donors (Lipinski definition) is 2. The predicted octanol–water partition coefficient (Wildman–Crippen LogP) is 3.59. The number of likely N-dealkylation sites (tertiary alicyclic amines) is 1. The number of amides is 1. The van der Waals surface area contributed by atoms with Gasteiger partial charge in [-0.25, -0.2) is 9.97 Å². The molecule has 3 rings (SSSR count). The number of carbonyl (C=O) groups excluding carboxylic acids is 1. The summed E-state index contributed by atoms with van der Waals surface area (Å²) in [4.78, 5) is 23.1. The molecule has 3 heterocycles. The van der Waals surface area contributed by atoms with Crippen molar-refractivity contribution >= 4 is 53.0 Å². The lowest BCUT2D eigenvalue weighted by molar-refractivity contribution is 0.0682. The third-order valence-electron chi connectivity index (χ3n) is 4.33. The fourth-order valence-corrected chi connectivity index (χ4v) is 3.60. The summed E-state index contributed by atoms with van der Waals surface area (Å²) in [5.41, 5.74) is 0.520. The monoisotopic (exact) mass is 417 g/mol. The van der Waals surface area contributed by atoms with Crippen molar-refractivity contribution in [2.24, 2.45) is 5.92 Å². The SMILES string of the molecule is CNCCC1CCN(C(=O)c2csc(Nc3ccccn3)n2)CC1.Cl.Cl. The molecule has 1 saturated heterocycles. The lowest BCUT2D eigenvalue weighted by Gasteiger charge is -2.31. The molecule has 0 spiro atoms. The van der Waals surface area contributed by atoms with Crippen molar-refractivity contribution in [3.8, 4) is 0 Å². The zero-order valence-electron chi connectivity index (χ0n) is 14.7. The van der Waals surface area contributed by atoms with Gasteiger partial charge in [0.15, 0.2) is 5.13 Å². The van der Waals surface area contributed by atoms with Gasteiger partial charge in [0.2, 0.25) is 0 Å². The molecule has 0 saturated carbocycles. The fourth-order valence-electron chi connectivity index (χ4n) is 2.91. The third-order valence-corrected chi connectivity index (χ3v) is 5.09. The van der Waals surface area contributed by atoms with E-state index < -0.39 is 0 Å². The zero-order valence-corrected chi connectivity index (χ0v) is 17.1. The van der Waals surface area contributed by atoms with Gasteiger partial charge in [-0.1, -0.05) is 6.07 Å². The maximum absolute atomic E-state index is 12.6. The maximum atomic E-state index is 12.6. The van der Waals surface area contributed by atoms with Crippen LogP contribution >= 0.6 is 36.2 Å². The van der Waals surface area contributed by atoms with Crippen LogP contribution in [0, 0.1) is 5.92 Å². The van der Waals surface area contributed by atoms with E-state index in [9.17, 15) is 4.79 Å². The van der Waals surface area contributed by atoms with Crippen LogP contribution in [0.1, 0.15) is 29.8 Å². The first-order valence-electron chi connectivity index (χ1n) is 8.33. The largest absolute Gasteiger partial charge is 0.337 e. The molecular weight excluding hydrogens is 393 g/mol. The van der Waals surface area contributed by atoms with Crippen LogP contribution in [-0.4, -0.2) is 47.5 Å². The minimum absolute atomic E-state index is 0. The van der Waals surface area contributed by atoms with E-state index in [1.807, 2.05) is 35.5 Å². The number of nitrogens with zero attached hydrogens (tertiary/aromatic N) is 3. The number of hydrogen-bond acceptors (Lipinski definition) is 6. The zero-order chi connectivity index (χ0) is 16.8. The number of rotatable bonds is 6. The number of carbonyl (C=O) groups is 1. The topological polar surface area (TPSA) is 70.2 Å². The predicted molar refractivity (Wildman–Crippen MR) is 111 cm³/mol. The molecule has 2 N–H and O–H groups in total. The standard InChI is InChI=1S/C17H23N5OS.2ClH/c1-18-9-5-13-6-10-22(11-7-13)16(23)14-12-24-17(20-14)21-15-4-2-3-8-19-15;;/h2-4,8,12-13,18H,5-7,9-11H2,1H3,(H,19,20,21);2*1H. The molecule has 26 heavy (non-hydrogen) atoms. The molecule has 1 aliphatic heterocycles. The summed E-state index contributed by atoms with van der Waals surface area (Å²) in [6, 6.07) is 5.65. The second kappa shape index (κ2) is 11.3. The van der Waals surface area contributed by atoms with Crippen LogP contribution in [0.2, 0.25) is 0 Å². The fraction of sp³-hybridized carbons (Fsp3) is 0.471. The van der Waals surface area contributed by atoms with Gasteiger partial charge >= 0.3 is 0 Å². The number of halogens is 2. The number of thiazole rings is 1. The van der Waals surface area contributed by atoms with Gasteiger partial charge in [-0.05, 0) is 50.9 Å². The number of pyridine rings is 1. The summed E-state index contributed by atoms with van der Waals surface area (Å²) >= 11 is 1.43. The second-order valence-electron chi connectivity index (χ2n) is 6.01. The van der Waals surface area contributed by atoms with Crippen LogP contribution in [0.3, 0.4) is 0 Å². The summed E-state index contributed by atoms with van der Waals surface area (Å²) in [5.74, 6) is 1.49. The highest BCUT2D eigenvalue weighted by Crippen LogP contribution is 2.24. The van der Waals surface area contributed by atoms with Crippen LogP contribution in [0.4, 0.5) is 10.9 Å². The smallest absolute Gasteiger partial charge is 0.273 e. The summed E-state index contributed by atoms with van der Waals surface area (Å²) in [6.45, 7) is 2.70. The molecule has 0 bridgehead atoms. The van der Waals surface area contributed by atoms with Crippen LogP contribution in [0.5, 0.6) is 0 Å². The van der Waals surface area contributed by atoms with Crippen molar-refractivity contribution in [3.63, 3.8) is 0 Å². The summed E-state index contributed by atoms with van der Waals surface area (Å²) < 4.78 is 0. The number of nitrogens with one attached hydrogen (secondary N) is 2. The van der Waals surface area contributed by atoms with E-state index >= 15 is 0 Å². The number of anilines is 2. The van der Waals surface area contributed by atoms with Gasteiger partial charge in [-0.15, -0.1) is 36.2 Å². The molecule has 6 nitrogen and oxygen atoms in total. The quantitative estimate of drug-likeness (QED) is 0.751. The molecule has 0 aliphatic carbocycles. The molecule has 1 amide bonds. The van der Waals surface area contributed by atoms with E-state index in [2.05, 4.69) is 20.6 Å². The molecule has 0 atom stereocenters. The molecule has 0 aromatic carbocycles. The summed E-state index contributed by atoms with van der Waals surface area (Å²) in [7, 11) is 1.98. The Bertz CT molecular complexity index is 662. The van der Waals surface area contributed by atoms with Crippen molar-refractivity contribution in [1.82, 2.24) is 20.2 Å². The van der Waals surface area contributed by atoms with E-state index in [1.54, 1.807) is 6.20 Å². The lowest BCUT2D eigenvalue weighted by atomic mass is 9.93. The number of piperidine rings is 1. The third kappa shape index (κ3) is 6.09. The summed E-state index contributed by atoms with van der Waals surface area (Å²) in [5, 5.41) is 8.84. The molecular formula is C17H25Cl2N5OS. The van der Waals surface area contributed by atoms with Crippen molar-refractivity contribution in [2.45, 2.75) is 19.3 Å². The van der Waals surface area contributed by atoms with Crippen LogP contribution in [0.15, 0.2) is 29.8 Å². The Morgan fingerprint density at radius 2 is 2.08 bits per heavy atom. The first kappa shape index (κ1) is 22.6. The van der Waals surface area contributed by atoms with Gasteiger partial charge in [0, 0.05) is 24.7 Å². The maximum Gasteiger partial charge on any atom is 0.273 e. The first-order valence-corrected chi connectivity index (χ1v) is 9.21. The molecule has 2 aromatic rings. The molecule has 1 aliphatic rings. The van der Waals surface area contributed by atoms with Gasteiger partial charge in [-0.2, -0.15) is 0 Å². The highest BCUT2D eigenvalue weighted by molar-refractivity contribution is 7.14. The highest BCUT2D eigenvalue weighted by Gasteiger charge is 2.24. The van der Waals surface area contributed by atoms with Crippen LogP contribution in [0.25, 0.3) is 0 Å². The van der Waals surface area contributed by atoms with Gasteiger partial charge in [-0.3, -0.25) is 4.79 Å². The molecule has 1 fully saturated rings.